The van der Waals surface area contributed by atoms with Gasteiger partial charge in [-0.3, -0.25) is 25.8 Å². The van der Waals surface area contributed by atoms with Crippen molar-refractivity contribution in [2.24, 2.45) is 5.92 Å². The van der Waals surface area contributed by atoms with E-state index >= 15 is 0 Å². The Bertz CT molecular complexity index is 857. The molecule has 1 amide bonds. The van der Waals surface area contributed by atoms with Gasteiger partial charge in [-0.05, 0) is 30.5 Å². The van der Waals surface area contributed by atoms with Crippen LogP contribution in [-0.4, -0.2) is 24.5 Å². The first-order valence-corrected chi connectivity index (χ1v) is 9.01. The largest absolute Gasteiger partial charge is 0.493 e. The number of halogens is 1. The molecule has 0 atom stereocenters. The predicted molar refractivity (Wildman–Crippen MR) is 107 cm³/mol. The standard InChI is InChI=1S/C19H22ClN3O5/c1-12(2)8-9-28-18-14(20)10-13(11-17(18)27-3)19(24)22-21-15-6-4-5-7-16(15)23(25)26/h4-7,10-12,21H,8-9H2,1-3H3,(H,22,24). The molecule has 0 aromatic heterocycles. The number of para-hydroxylation sites is 2. The Balaban J connectivity index is 2.13. The molecule has 0 radical (unpaired) electrons. The zero-order valence-corrected chi connectivity index (χ0v) is 16.6. The molecule has 2 N–H and O–H groups in total. The summed E-state index contributed by atoms with van der Waals surface area (Å²) in [6, 6.07) is 8.91. The molecular formula is C19H22ClN3O5. The van der Waals surface area contributed by atoms with Crippen molar-refractivity contribution in [3.05, 3.63) is 57.1 Å². The van der Waals surface area contributed by atoms with Crippen molar-refractivity contribution >= 4 is 28.9 Å². The number of anilines is 1. The molecule has 0 bridgehead atoms. The van der Waals surface area contributed by atoms with Crippen molar-refractivity contribution in [3.8, 4) is 11.5 Å². The van der Waals surface area contributed by atoms with Crippen molar-refractivity contribution in [1.82, 2.24) is 5.43 Å². The minimum atomic E-state index is -0.544. The lowest BCUT2D eigenvalue weighted by Crippen LogP contribution is -2.29. The molecule has 0 spiro atoms. The van der Waals surface area contributed by atoms with Gasteiger partial charge in [-0.25, -0.2) is 0 Å². The number of hydrogen-bond acceptors (Lipinski definition) is 6. The molecule has 28 heavy (non-hydrogen) atoms. The third-order valence-corrected chi connectivity index (χ3v) is 4.13. The third-order valence-electron chi connectivity index (χ3n) is 3.84. The number of nitro groups is 1. The Hall–Kier alpha value is -3.00. The van der Waals surface area contributed by atoms with Gasteiger partial charge in [0.25, 0.3) is 11.6 Å². The van der Waals surface area contributed by atoms with Gasteiger partial charge in [-0.2, -0.15) is 0 Å². The lowest BCUT2D eigenvalue weighted by atomic mass is 10.1. The number of methoxy groups -OCH3 is 1. The summed E-state index contributed by atoms with van der Waals surface area (Å²) in [6.07, 6.45) is 0.849. The highest BCUT2D eigenvalue weighted by molar-refractivity contribution is 6.32. The van der Waals surface area contributed by atoms with Crippen molar-refractivity contribution in [1.29, 1.82) is 0 Å². The highest BCUT2D eigenvalue weighted by atomic mass is 35.5. The second-order valence-corrected chi connectivity index (χ2v) is 6.78. The molecule has 2 rings (SSSR count). The summed E-state index contributed by atoms with van der Waals surface area (Å²) in [6.45, 7) is 4.64. The van der Waals surface area contributed by atoms with E-state index < -0.39 is 10.8 Å². The molecule has 150 valence electrons. The summed E-state index contributed by atoms with van der Waals surface area (Å²) in [7, 11) is 1.45. The highest BCUT2D eigenvalue weighted by Crippen LogP contribution is 2.36. The third kappa shape index (κ3) is 5.50. The van der Waals surface area contributed by atoms with Crippen LogP contribution in [-0.2, 0) is 0 Å². The molecule has 2 aromatic rings. The summed E-state index contributed by atoms with van der Waals surface area (Å²) >= 11 is 6.26. The van der Waals surface area contributed by atoms with Crippen LogP contribution in [0.2, 0.25) is 5.02 Å². The maximum absolute atomic E-state index is 12.4. The molecule has 0 aliphatic heterocycles. The Morgan fingerprint density at radius 2 is 2.00 bits per heavy atom. The zero-order chi connectivity index (χ0) is 20.7. The maximum Gasteiger partial charge on any atom is 0.294 e. The van der Waals surface area contributed by atoms with E-state index in [-0.39, 0.29) is 22.0 Å². The zero-order valence-electron chi connectivity index (χ0n) is 15.8. The van der Waals surface area contributed by atoms with Gasteiger partial charge in [-0.1, -0.05) is 37.6 Å². The van der Waals surface area contributed by atoms with Crippen molar-refractivity contribution in [3.63, 3.8) is 0 Å². The molecule has 0 aliphatic carbocycles. The monoisotopic (exact) mass is 407 g/mol. The fraction of sp³-hybridized carbons (Fsp3) is 0.316. The van der Waals surface area contributed by atoms with Crippen LogP contribution in [0.15, 0.2) is 36.4 Å². The molecule has 0 aliphatic rings. The summed E-state index contributed by atoms with van der Waals surface area (Å²) in [4.78, 5) is 22.9. The van der Waals surface area contributed by atoms with E-state index in [0.29, 0.717) is 24.0 Å². The van der Waals surface area contributed by atoms with Gasteiger partial charge in [0, 0.05) is 11.6 Å². The second-order valence-electron chi connectivity index (χ2n) is 6.37. The summed E-state index contributed by atoms with van der Waals surface area (Å²) < 4.78 is 11.0. The van der Waals surface area contributed by atoms with Gasteiger partial charge in [0.2, 0.25) is 0 Å². The number of hydrazine groups is 1. The van der Waals surface area contributed by atoms with Crippen molar-refractivity contribution in [2.45, 2.75) is 20.3 Å². The van der Waals surface area contributed by atoms with E-state index in [2.05, 4.69) is 24.7 Å². The first-order valence-electron chi connectivity index (χ1n) is 8.63. The number of carbonyl (C=O) groups excluding carboxylic acids is 1. The fourth-order valence-corrected chi connectivity index (χ4v) is 2.59. The SMILES string of the molecule is COc1cc(C(=O)NNc2ccccc2[N+](=O)[O-])cc(Cl)c1OCCC(C)C. The molecular weight excluding hydrogens is 386 g/mol. The topological polar surface area (TPSA) is 103 Å². The Morgan fingerprint density at radius 1 is 1.29 bits per heavy atom. The Kier molecular flexibility index (Phi) is 7.45. The Labute approximate surface area is 167 Å². The van der Waals surface area contributed by atoms with Gasteiger partial charge in [0.1, 0.15) is 5.69 Å². The van der Waals surface area contributed by atoms with Crippen LogP contribution in [0.5, 0.6) is 11.5 Å². The van der Waals surface area contributed by atoms with Gasteiger partial charge < -0.3 is 9.47 Å². The van der Waals surface area contributed by atoms with Crippen LogP contribution < -0.4 is 20.3 Å². The number of benzene rings is 2. The molecule has 9 heteroatoms. The number of nitrogens with one attached hydrogen (secondary N) is 2. The molecule has 8 nitrogen and oxygen atoms in total. The molecule has 0 saturated heterocycles. The van der Waals surface area contributed by atoms with Gasteiger partial charge in [0.05, 0.1) is 23.7 Å². The maximum atomic E-state index is 12.4. The summed E-state index contributed by atoms with van der Waals surface area (Å²) in [5, 5.41) is 11.3. The van der Waals surface area contributed by atoms with Crippen LogP contribution in [0.4, 0.5) is 11.4 Å². The van der Waals surface area contributed by atoms with Gasteiger partial charge in [0.15, 0.2) is 11.5 Å². The van der Waals surface area contributed by atoms with E-state index in [4.69, 9.17) is 21.1 Å². The predicted octanol–water partition coefficient (Wildman–Crippen LogP) is 4.44. The van der Waals surface area contributed by atoms with Crippen molar-refractivity contribution in [2.75, 3.05) is 19.1 Å². The lowest BCUT2D eigenvalue weighted by molar-refractivity contribution is -0.384. The average Bonchev–Trinajstić information content (AvgIpc) is 2.66. The van der Waals surface area contributed by atoms with Crippen molar-refractivity contribution < 1.29 is 19.2 Å². The van der Waals surface area contributed by atoms with E-state index in [1.165, 1.54) is 37.4 Å². The van der Waals surface area contributed by atoms with E-state index in [9.17, 15) is 14.9 Å². The number of nitrogens with zero attached hydrogens (tertiary/aromatic N) is 1. The van der Waals surface area contributed by atoms with E-state index in [0.717, 1.165) is 6.42 Å². The van der Waals surface area contributed by atoms with E-state index in [1.54, 1.807) is 6.07 Å². The molecule has 2 aromatic carbocycles. The molecule has 0 unspecified atom stereocenters. The number of amides is 1. The second kappa shape index (κ2) is 9.80. The quantitative estimate of drug-likeness (QED) is 0.470. The van der Waals surface area contributed by atoms with Gasteiger partial charge >= 0.3 is 0 Å². The van der Waals surface area contributed by atoms with Crippen LogP contribution in [0.3, 0.4) is 0 Å². The smallest absolute Gasteiger partial charge is 0.294 e. The Morgan fingerprint density at radius 3 is 2.64 bits per heavy atom. The van der Waals surface area contributed by atoms with Gasteiger partial charge in [-0.15, -0.1) is 0 Å². The molecule has 0 heterocycles. The molecule has 0 saturated carbocycles. The summed E-state index contributed by atoms with van der Waals surface area (Å²) in [5.74, 6) is 0.634. The number of nitro benzene ring substituents is 1. The average molecular weight is 408 g/mol. The number of ether oxygens (including phenoxy) is 2. The van der Waals surface area contributed by atoms with Crippen LogP contribution in [0.25, 0.3) is 0 Å². The number of rotatable bonds is 9. The normalized spacial score (nSPS) is 10.5. The number of carbonyl (C=O) groups is 1. The number of hydrogen-bond donors (Lipinski definition) is 2. The van der Waals surface area contributed by atoms with Crippen LogP contribution in [0, 0.1) is 16.0 Å². The first-order chi connectivity index (χ1) is 13.3. The minimum absolute atomic E-state index is 0.160. The molecule has 0 fully saturated rings. The summed E-state index contributed by atoms with van der Waals surface area (Å²) in [5.41, 5.74) is 5.19. The fourth-order valence-electron chi connectivity index (χ4n) is 2.32. The van der Waals surface area contributed by atoms with Crippen LogP contribution >= 0.6 is 11.6 Å². The lowest BCUT2D eigenvalue weighted by Gasteiger charge is -2.15. The first kappa shape index (κ1) is 21.3. The highest BCUT2D eigenvalue weighted by Gasteiger charge is 2.17. The van der Waals surface area contributed by atoms with Crippen LogP contribution in [0.1, 0.15) is 30.6 Å². The van der Waals surface area contributed by atoms with E-state index in [1.807, 2.05) is 0 Å². The minimum Gasteiger partial charge on any atom is -0.493 e.